The van der Waals surface area contributed by atoms with E-state index in [9.17, 15) is 0 Å². The van der Waals surface area contributed by atoms with E-state index in [0.717, 1.165) is 47.5 Å². The molecule has 0 bridgehead atoms. The van der Waals surface area contributed by atoms with Crippen molar-refractivity contribution < 1.29 is 0 Å². The molecule has 106 valence electrons. The zero-order chi connectivity index (χ0) is 14.7. The number of aryl methyl sites for hydroxylation is 1. The second-order valence-corrected chi connectivity index (χ2v) is 4.82. The van der Waals surface area contributed by atoms with Crippen LogP contribution in [0.4, 0.5) is 0 Å². The van der Waals surface area contributed by atoms with Crippen molar-refractivity contribution >= 4 is 11.0 Å². The second-order valence-electron chi connectivity index (χ2n) is 4.82. The largest absolute Gasteiger partial charge is 0.346 e. The molecule has 3 heterocycles. The Morgan fingerprint density at radius 2 is 2.19 bits per heavy atom. The van der Waals surface area contributed by atoms with E-state index in [1.807, 2.05) is 23.9 Å². The van der Waals surface area contributed by atoms with Crippen molar-refractivity contribution in [2.45, 2.75) is 32.7 Å². The molecule has 0 aliphatic heterocycles. The first-order valence-corrected chi connectivity index (χ1v) is 6.86. The molecule has 3 aromatic rings. The number of aromatic amines is 1. The minimum atomic E-state index is 0.580. The van der Waals surface area contributed by atoms with E-state index >= 15 is 0 Å². The topological polar surface area (TPSA) is 96.1 Å². The van der Waals surface area contributed by atoms with Gasteiger partial charge < -0.3 is 4.98 Å². The number of hydrogen-bond acceptors (Lipinski definition) is 5. The summed E-state index contributed by atoms with van der Waals surface area (Å²) in [5.41, 5.74) is 3.35. The first-order chi connectivity index (χ1) is 10.3. The minimum Gasteiger partial charge on any atom is -0.346 e. The van der Waals surface area contributed by atoms with Gasteiger partial charge in [0.2, 0.25) is 0 Å². The van der Waals surface area contributed by atoms with Crippen molar-refractivity contribution in [2.24, 2.45) is 0 Å². The Kier molecular flexibility index (Phi) is 3.60. The number of H-pyrrole nitrogens is 1. The Bertz CT molecular complexity index is 793. The van der Waals surface area contributed by atoms with Crippen LogP contribution in [0.5, 0.6) is 0 Å². The molecule has 0 aliphatic rings. The van der Waals surface area contributed by atoms with Crippen LogP contribution in [0.2, 0.25) is 0 Å². The Morgan fingerprint density at radius 3 is 3.05 bits per heavy atom. The van der Waals surface area contributed by atoms with Crippen LogP contribution in [0.15, 0.2) is 18.6 Å². The second kappa shape index (κ2) is 5.71. The molecule has 0 spiro atoms. The van der Waals surface area contributed by atoms with Gasteiger partial charge in [-0.15, -0.1) is 5.10 Å². The highest BCUT2D eigenvalue weighted by atomic mass is 15.4. The molecule has 3 aromatic heterocycles. The van der Waals surface area contributed by atoms with Crippen LogP contribution in [-0.2, 0) is 6.54 Å². The normalized spacial score (nSPS) is 10.9. The Morgan fingerprint density at radius 1 is 1.29 bits per heavy atom. The molecule has 0 unspecified atom stereocenters. The van der Waals surface area contributed by atoms with Crippen molar-refractivity contribution in [3.63, 3.8) is 0 Å². The maximum Gasteiger partial charge on any atom is 0.141 e. The molecule has 0 atom stereocenters. The number of nitrogens with zero attached hydrogens (tertiary/aromatic N) is 6. The number of nitriles is 1. The fourth-order valence-electron chi connectivity index (χ4n) is 2.32. The monoisotopic (exact) mass is 281 g/mol. The van der Waals surface area contributed by atoms with Gasteiger partial charge >= 0.3 is 0 Å². The van der Waals surface area contributed by atoms with E-state index < -0.39 is 0 Å². The van der Waals surface area contributed by atoms with E-state index in [2.05, 4.69) is 31.3 Å². The van der Waals surface area contributed by atoms with Crippen molar-refractivity contribution in [3.05, 3.63) is 24.3 Å². The SMILES string of the molecule is Cc1c(-c2ncnc3[nH]ccc23)nnn1CCCCC#N. The number of unbranched alkanes of at least 4 members (excludes halogenated alkanes) is 2. The molecule has 3 rings (SSSR count). The highest BCUT2D eigenvalue weighted by Gasteiger charge is 2.15. The van der Waals surface area contributed by atoms with Gasteiger partial charge in [0.25, 0.3) is 0 Å². The standard InChI is InChI=1S/C14H15N7/c1-10-12(19-20-21(10)8-4-2-3-6-15)13-11-5-7-16-14(11)18-9-17-13/h5,7,9H,2-4,8H2,1H3,(H,16,17,18). The van der Waals surface area contributed by atoms with E-state index in [1.165, 1.54) is 6.33 Å². The summed E-state index contributed by atoms with van der Waals surface area (Å²) in [5.74, 6) is 0. The van der Waals surface area contributed by atoms with E-state index in [4.69, 9.17) is 5.26 Å². The van der Waals surface area contributed by atoms with Crippen LogP contribution >= 0.6 is 0 Å². The van der Waals surface area contributed by atoms with Crippen molar-refractivity contribution in [3.8, 4) is 17.5 Å². The molecule has 0 aromatic carbocycles. The van der Waals surface area contributed by atoms with Crippen LogP contribution in [-0.4, -0.2) is 29.9 Å². The van der Waals surface area contributed by atoms with Crippen LogP contribution in [0.3, 0.4) is 0 Å². The smallest absolute Gasteiger partial charge is 0.141 e. The summed E-state index contributed by atoms with van der Waals surface area (Å²) in [4.78, 5) is 11.6. The van der Waals surface area contributed by atoms with E-state index in [-0.39, 0.29) is 0 Å². The number of fused-ring (bicyclic) bond motifs is 1. The lowest BCUT2D eigenvalue weighted by atomic mass is 10.2. The third-order valence-electron chi connectivity index (χ3n) is 3.47. The lowest BCUT2D eigenvalue weighted by Crippen LogP contribution is -2.02. The van der Waals surface area contributed by atoms with Gasteiger partial charge in [-0.1, -0.05) is 5.21 Å². The van der Waals surface area contributed by atoms with Gasteiger partial charge in [-0.25, -0.2) is 14.6 Å². The van der Waals surface area contributed by atoms with Gasteiger partial charge in [-0.05, 0) is 25.8 Å². The Labute approximate surface area is 121 Å². The zero-order valence-electron chi connectivity index (χ0n) is 11.7. The summed E-state index contributed by atoms with van der Waals surface area (Å²) in [6.45, 7) is 2.75. The first kappa shape index (κ1) is 13.2. The fraction of sp³-hybridized carbons (Fsp3) is 0.357. The molecule has 0 aliphatic carbocycles. The van der Waals surface area contributed by atoms with E-state index in [1.54, 1.807) is 0 Å². The third kappa shape index (κ3) is 2.48. The number of nitrogens with one attached hydrogen (secondary N) is 1. The Hall–Kier alpha value is -2.75. The zero-order valence-corrected chi connectivity index (χ0v) is 11.7. The maximum atomic E-state index is 8.55. The quantitative estimate of drug-likeness (QED) is 0.723. The van der Waals surface area contributed by atoms with E-state index in [0.29, 0.717) is 6.42 Å². The average Bonchev–Trinajstić information content (AvgIpc) is 3.10. The molecule has 21 heavy (non-hydrogen) atoms. The van der Waals surface area contributed by atoms with Crippen molar-refractivity contribution in [1.29, 1.82) is 5.26 Å². The predicted molar refractivity (Wildman–Crippen MR) is 77.1 cm³/mol. The molecule has 7 heteroatoms. The molecule has 0 saturated heterocycles. The third-order valence-corrected chi connectivity index (χ3v) is 3.47. The lowest BCUT2D eigenvalue weighted by molar-refractivity contribution is 0.534. The highest BCUT2D eigenvalue weighted by molar-refractivity contribution is 5.89. The van der Waals surface area contributed by atoms with Gasteiger partial charge in [0.05, 0.1) is 11.8 Å². The minimum absolute atomic E-state index is 0.580. The van der Waals surface area contributed by atoms with Gasteiger partial charge in [0.1, 0.15) is 23.4 Å². The number of hydrogen-bond donors (Lipinski definition) is 1. The molecule has 0 amide bonds. The molecule has 7 nitrogen and oxygen atoms in total. The summed E-state index contributed by atoms with van der Waals surface area (Å²) in [6.07, 6.45) is 5.74. The first-order valence-electron chi connectivity index (χ1n) is 6.86. The lowest BCUT2D eigenvalue weighted by Gasteiger charge is -2.03. The van der Waals surface area contributed by atoms with Gasteiger partial charge in [-0.3, -0.25) is 0 Å². The number of rotatable bonds is 5. The van der Waals surface area contributed by atoms with Gasteiger partial charge in [0.15, 0.2) is 0 Å². The van der Waals surface area contributed by atoms with Crippen LogP contribution < -0.4 is 0 Å². The van der Waals surface area contributed by atoms with Gasteiger partial charge in [-0.2, -0.15) is 5.26 Å². The molecular formula is C14H15N7. The maximum absolute atomic E-state index is 8.55. The van der Waals surface area contributed by atoms with Crippen LogP contribution in [0.1, 0.15) is 25.0 Å². The van der Waals surface area contributed by atoms with Crippen LogP contribution in [0, 0.1) is 18.3 Å². The molecule has 0 fully saturated rings. The number of aromatic nitrogens is 6. The Balaban J connectivity index is 1.88. The summed E-state index contributed by atoms with van der Waals surface area (Å²) in [6, 6.07) is 4.09. The summed E-state index contributed by atoms with van der Waals surface area (Å²) >= 11 is 0. The molecule has 1 N–H and O–H groups in total. The summed E-state index contributed by atoms with van der Waals surface area (Å²) in [5, 5.41) is 17.9. The van der Waals surface area contributed by atoms with Crippen molar-refractivity contribution in [2.75, 3.05) is 0 Å². The fourth-order valence-corrected chi connectivity index (χ4v) is 2.32. The average molecular weight is 281 g/mol. The highest BCUT2D eigenvalue weighted by Crippen LogP contribution is 2.25. The summed E-state index contributed by atoms with van der Waals surface area (Å²) < 4.78 is 1.87. The predicted octanol–water partition coefficient (Wildman–Crippen LogP) is 2.22. The molecule has 0 saturated carbocycles. The van der Waals surface area contributed by atoms with Crippen LogP contribution in [0.25, 0.3) is 22.4 Å². The summed E-state index contributed by atoms with van der Waals surface area (Å²) in [7, 11) is 0. The molecule has 0 radical (unpaired) electrons. The van der Waals surface area contributed by atoms with Crippen molar-refractivity contribution in [1.82, 2.24) is 29.9 Å². The van der Waals surface area contributed by atoms with Gasteiger partial charge in [0, 0.05) is 24.5 Å². The molecular weight excluding hydrogens is 266 g/mol.